The number of carbonyl (C=O) groups excluding carboxylic acids is 1. The Morgan fingerprint density at radius 1 is 1.11 bits per heavy atom. The van der Waals surface area contributed by atoms with Gasteiger partial charge in [0.25, 0.3) is 0 Å². The Hall–Kier alpha value is -3.61. The number of nitrogens with one attached hydrogen (secondary N) is 1. The van der Waals surface area contributed by atoms with Gasteiger partial charge in [0.1, 0.15) is 0 Å². The maximum Gasteiger partial charge on any atom is 0.419 e. The minimum atomic E-state index is -0.401. The molecule has 1 N–H and O–H groups in total. The van der Waals surface area contributed by atoms with Crippen molar-refractivity contribution in [3.05, 3.63) is 77.8 Å². The Morgan fingerprint density at radius 3 is 2.78 bits per heavy atom. The monoisotopic (exact) mass is 362 g/mol. The van der Waals surface area contributed by atoms with Gasteiger partial charge in [0.15, 0.2) is 5.58 Å². The summed E-state index contributed by atoms with van der Waals surface area (Å²) in [6, 6.07) is 14.8. The van der Waals surface area contributed by atoms with Gasteiger partial charge in [-0.3, -0.25) is 9.36 Å². The molecule has 2 aromatic carbocycles. The fourth-order valence-electron chi connectivity index (χ4n) is 3.04. The van der Waals surface area contributed by atoms with Crippen LogP contribution in [0.4, 0.5) is 5.69 Å². The maximum absolute atomic E-state index is 12.4. The van der Waals surface area contributed by atoms with E-state index in [0.29, 0.717) is 30.7 Å². The van der Waals surface area contributed by atoms with E-state index in [1.807, 2.05) is 53.2 Å². The number of oxazole rings is 1. The normalized spacial score (nSPS) is 11.0. The van der Waals surface area contributed by atoms with Gasteiger partial charge in [0, 0.05) is 25.4 Å². The van der Waals surface area contributed by atoms with Gasteiger partial charge in [-0.15, -0.1) is 0 Å². The molecule has 1 amide bonds. The summed E-state index contributed by atoms with van der Waals surface area (Å²) < 4.78 is 8.61. The third-order valence-corrected chi connectivity index (χ3v) is 4.32. The number of rotatable bonds is 6. The second kappa shape index (κ2) is 7.33. The summed E-state index contributed by atoms with van der Waals surface area (Å²) in [6.45, 7) is 0.423. The van der Waals surface area contributed by atoms with E-state index in [1.54, 1.807) is 23.2 Å². The lowest BCUT2D eigenvalue weighted by molar-refractivity contribution is -0.116. The topological polar surface area (TPSA) is 82.1 Å². The van der Waals surface area contributed by atoms with Crippen LogP contribution in [0.1, 0.15) is 12.8 Å². The average molecular weight is 362 g/mol. The van der Waals surface area contributed by atoms with Crippen molar-refractivity contribution in [2.75, 3.05) is 5.32 Å². The van der Waals surface area contributed by atoms with Crippen LogP contribution in [0.25, 0.3) is 16.8 Å². The van der Waals surface area contributed by atoms with Crippen LogP contribution >= 0.6 is 0 Å². The fraction of sp³-hybridized carbons (Fsp3) is 0.150. The van der Waals surface area contributed by atoms with E-state index in [9.17, 15) is 9.59 Å². The summed E-state index contributed by atoms with van der Waals surface area (Å²) in [5.41, 5.74) is 2.86. The fourth-order valence-corrected chi connectivity index (χ4v) is 3.04. The van der Waals surface area contributed by atoms with Gasteiger partial charge in [0.05, 0.1) is 23.2 Å². The van der Waals surface area contributed by atoms with Crippen molar-refractivity contribution >= 4 is 22.7 Å². The van der Waals surface area contributed by atoms with Crippen molar-refractivity contribution in [1.82, 2.24) is 14.1 Å². The van der Waals surface area contributed by atoms with Gasteiger partial charge >= 0.3 is 5.76 Å². The zero-order chi connectivity index (χ0) is 18.6. The molecule has 0 saturated heterocycles. The Morgan fingerprint density at radius 2 is 1.93 bits per heavy atom. The van der Waals surface area contributed by atoms with Crippen molar-refractivity contribution in [1.29, 1.82) is 0 Å². The first kappa shape index (κ1) is 16.8. The number of nitrogens with zero attached hydrogens (tertiary/aromatic N) is 3. The zero-order valence-electron chi connectivity index (χ0n) is 14.5. The van der Waals surface area contributed by atoms with E-state index in [4.69, 9.17) is 4.42 Å². The summed E-state index contributed by atoms with van der Waals surface area (Å²) in [7, 11) is 0. The smallest absolute Gasteiger partial charge is 0.408 e. The van der Waals surface area contributed by atoms with Gasteiger partial charge in [-0.25, -0.2) is 9.78 Å². The number of aromatic nitrogens is 3. The van der Waals surface area contributed by atoms with E-state index in [-0.39, 0.29) is 5.91 Å². The lowest BCUT2D eigenvalue weighted by Crippen LogP contribution is -2.17. The SMILES string of the molecule is O=C(CCCn1c(=O)oc2ccccc21)Nc1ccccc1-n1ccnc1. The van der Waals surface area contributed by atoms with E-state index in [1.165, 1.54) is 0 Å². The molecular formula is C20H18N4O3. The molecule has 7 heteroatoms. The molecule has 0 atom stereocenters. The van der Waals surface area contributed by atoms with Crippen LogP contribution in [0.5, 0.6) is 0 Å². The van der Waals surface area contributed by atoms with Crippen LogP contribution in [0, 0.1) is 0 Å². The zero-order valence-corrected chi connectivity index (χ0v) is 14.5. The van der Waals surface area contributed by atoms with Gasteiger partial charge in [-0.1, -0.05) is 24.3 Å². The number of hydrogen-bond donors (Lipinski definition) is 1. The summed E-state index contributed by atoms with van der Waals surface area (Å²) >= 11 is 0. The molecule has 0 saturated carbocycles. The molecule has 0 fully saturated rings. The molecular weight excluding hydrogens is 344 g/mol. The van der Waals surface area contributed by atoms with Crippen LogP contribution in [0.2, 0.25) is 0 Å². The molecule has 2 aromatic heterocycles. The van der Waals surface area contributed by atoms with Crippen LogP contribution < -0.4 is 11.1 Å². The van der Waals surface area contributed by atoms with Crippen molar-refractivity contribution in [2.24, 2.45) is 0 Å². The van der Waals surface area contributed by atoms with E-state index in [2.05, 4.69) is 10.3 Å². The van der Waals surface area contributed by atoms with Crippen LogP contribution in [-0.2, 0) is 11.3 Å². The number of carbonyl (C=O) groups is 1. The quantitative estimate of drug-likeness (QED) is 0.571. The van der Waals surface area contributed by atoms with Gasteiger partial charge < -0.3 is 14.3 Å². The van der Waals surface area contributed by atoms with Crippen LogP contribution in [0.3, 0.4) is 0 Å². The lowest BCUT2D eigenvalue weighted by Gasteiger charge is -2.11. The second-order valence-corrected chi connectivity index (χ2v) is 6.13. The highest BCUT2D eigenvalue weighted by molar-refractivity contribution is 5.92. The molecule has 4 rings (SSSR count). The van der Waals surface area contributed by atoms with Crippen LogP contribution in [-0.4, -0.2) is 20.0 Å². The first-order chi connectivity index (χ1) is 13.2. The number of hydrogen-bond acceptors (Lipinski definition) is 4. The van der Waals surface area contributed by atoms with E-state index < -0.39 is 5.76 Å². The van der Waals surface area contributed by atoms with Crippen molar-refractivity contribution < 1.29 is 9.21 Å². The van der Waals surface area contributed by atoms with E-state index >= 15 is 0 Å². The molecule has 0 aliphatic rings. The molecule has 0 aliphatic heterocycles. The molecule has 7 nitrogen and oxygen atoms in total. The summed E-state index contributed by atoms with van der Waals surface area (Å²) in [4.78, 5) is 28.4. The average Bonchev–Trinajstić information content (AvgIpc) is 3.31. The number of para-hydroxylation sites is 4. The molecule has 0 radical (unpaired) electrons. The lowest BCUT2D eigenvalue weighted by atomic mass is 10.2. The highest BCUT2D eigenvalue weighted by Gasteiger charge is 2.11. The molecule has 4 aromatic rings. The number of anilines is 1. The van der Waals surface area contributed by atoms with Crippen molar-refractivity contribution in [3.63, 3.8) is 0 Å². The molecule has 0 bridgehead atoms. The van der Waals surface area contributed by atoms with Gasteiger partial charge in [-0.2, -0.15) is 0 Å². The van der Waals surface area contributed by atoms with Crippen molar-refractivity contribution in [2.45, 2.75) is 19.4 Å². The minimum Gasteiger partial charge on any atom is -0.408 e. The van der Waals surface area contributed by atoms with Gasteiger partial charge in [-0.05, 0) is 30.7 Å². The standard InChI is InChI=1S/C20H18N4O3/c25-19(22-15-6-1-2-7-16(15)23-13-11-21-14-23)10-5-12-24-17-8-3-4-9-18(17)27-20(24)26/h1-4,6-9,11,13-14H,5,10,12H2,(H,22,25). The number of amides is 1. The number of imidazole rings is 1. The third kappa shape index (κ3) is 3.52. The van der Waals surface area contributed by atoms with Crippen molar-refractivity contribution in [3.8, 4) is 5.69 Å². The highest BCUT2D eigenvalue weighted by Crippen LogP contribution is 2.20. The molecule has 27 heavy (non-hydrogen) atoms. The Kier molecular flexibility index (Phi) is 4.57. The predicted molar refractivity (Wildman–Crippen MR) is 102 cm³/mol. The number of aryl methyl sites for hydroxylation is 1. The molecule has 0 aliphatic carbocycles. The van der Waals surface area contributed by atoms with Gasteiger partial charge in [0.2, 0.25) is 5.91 Å². The summed E-state index contributed by atoms with van der Waals surface area (Å²) in [5.74, 6) is -0.509. The summed E-state index contributed by atoms with van der Waals surface area (Å²) in [5, 5.41) is 2.93. The third-order valence-electron chi connectivity index (χ3n) is 4.32. The summed E-state index contributed by atoms with van der Waals surface area (Å²) in [6.07, 6.45) is 6.02. The predicted octanol–water partition coefficient (Wildman–Crippen LogP) is 3.20. The second-order valence-electron chi connectivity index (χ2n) is 6.13. The van der Waals surface area contributed by atoms with E-state index in [0.717, 1.165) is 11.2 Å². The Bertz CT molecular complexity index is 1130. The van der Waals surface area contributed by atoms with Crippen LogP contribution in [0.15, 0.2) is 76.5 Å². The Labute approximate surface area is 154 Å². The largest absolute Gasteiger partial charge is 0.419 e. The number of fused-ring (bicyclic) bond motifs is 1. The highest BCUT2D eigenvalue weighted by atomic mass is 16.4. The molecule has 136 valence electrons. The Balaban J connectivity index is 1.41. The first-order valence-corrected chi connectivity index (χ1v) is 8.68. The molecule has 0 spiro atoms. The first-order valence-electron chi connectivity index (χ1n) is 8.68. The minimum absolute atomic E-state index is 0.108. The number of benzene rings is 2. The molecule has 0 unspecified atom stereocenters. The maximum atomic E-state index is 12.4. The molecule has 2 heterocycles.